The summed E-state index contributed by atoms with van der Waals surface area (Å²) >= 11 is 6.88. The minimum absolute atomic E-state index is 0.151. The zero-order valence-corrected chi connectivity index (χ0v) is 20.7. The number of benzene rings is 4. The summed E-state index contributed by atoms with van der Waals surface area (Å²) in [5.41, 5.74) is 4.35. The molecule has 1 N–H and O–H groups in total. The summed E-state index contributed by atoms with van der Waals surface area (Å²) in [5.74, 6) is 0.906. The van der Waals surface area contributed by atoms with Crippen LogP contribution in [0.25, 0.3) is 10.8 Å². The highest BCUT2D eigenvalue weighted by Gasteiger charge is 2.09. The Morgan fingerprint density at radius 1 is 0.879 bits per heavy atom. The van der Waals surface area contributed by atoms with Crippen LogP contribution in [0, 0.1) is 0 Å². The first-order chi connectivity index (χ1) is 16.1. The lowest BCUT2D eigenvalue weighted by Gasteiger charge is -2.12. The zero-order valence-electron chi connectivity index (χ0n) is 17.5. The summed E-state index contributed by atoms with van der Waals surface area (Å²) in [6.07, 6.45) is 1.61. The van der Waals surface area contributed by atoms with Crippen LogP contribution >= 0.6 is 31.9 Å². The molecule has 0 saturated carbocycles. The van der Waals surface area contributed by atoms with Gasteiger partial charge in [0.15, 0.2) is 6.61 Å². The highest BCUT2D eigenvalue weighted by atomic mass is 79.9. The van der Waals surface area contributed by atoms with Crippen molar-refractivity contribution in [2.24, 2.45) is 5.10 Å². The summed E-state index contributed by atoms with van der Waals surface area (Å²) < 4.78 is 13.4. The predicted molar refractivity (Wildman–Crippen MR) is 138 cm³/mol. The first kappa shape index (κ1) is 23.0. The molecule has 33 heavy (non-hydrogen) atoms. The average Bonchev–Trinajstić information content (AvgIpc) is 2.83. The van der Waals surface area contributed by atoms with Gasteiger partial charge >= 0.3 is 0 Å². The van der Waals surface area contributed by atoms with Gasteiger partial charge in [-0.25, -0.2) is 5.43 Å². The molecule has 0 heterocycles. The van der Waals surface area contributed by atoms with Gasteiger partial charge in [-0.1, -0.05) is 70.5 Å². The Bertz CT molecular complexity index is 1310. The third-order valence-electron chi connectivity index (χ3n) is 4.79. The molecule has 4 aromatic rings. The van der Waals surface area contributed by atoms with Crippen LogP contribution in [0.1, 0.15) is 11.1 Å². The van der Waals surface area contributed by atoms with Crippen molar-refractivity contribution in [3.8, 4) is 11.5 Å². The molecule has 0 fully saturated rings. The van der Waals surface area contributed by atoms with E-state index in [1.807, 2.05) is 78.9 Å². The number of carbonyl (C=O) groups excluding carboxylic acids is 1. The van der Waals surface area contributed by atoms with Gasteiger partial charge in [0.05, 0.1) is 10.7 Å². The zero-order chi connectivity index (χ0) is 23.0. The van der Waals surface area contributed by atoms with Crippen LogP contribution in [0.15, 0.2) is 99.0 Å². The number of nitrogens with one attached hydrogen (secondary N) is 1. The second kappa shape index (κ2) is 11.1. The number of hydrazone groups is 1. The summed E-state index contributed by atoms with van der Waals surface area (Å²) in [6, 6.07) is 27.2. The molecule has 0 saturated heterocycles. The Morgan fingerprint density at radius 3 is 2.55 bits per heavy atom. The topological polar surface area (TPSA) is 59.9 Å². The average molecular weight is 568 g/mol. The molecule has 1 amide bonds. The highest BCUT2D eigenvalue weighted by Crippen LogP contribution is 2.28. The molecule has 4 aromatic carbocycles. The molecule has 0 spiro atoms. The minimum atomic E-state index is -0.362. The molecule has 166 valence electrons. The molecule has 0 aliphatic heterocycles. The number of halogens is 2. The van der Waals surface area contributed by atoms with E-state index in [1.165, 1.54) is 0 Å². The maximum Gasteiger partial charge on any atom is 0.277 e. The Balaban J connectivity index is 1.48. The molecule has 7 heteroatoms. The molecule has 0 unspecified atom stereocenters. The van der Waals surface area contributed by atoms with Crippen molar-refractivity contribution in [3.63, 3.8) is 0 Å². The third kappa shape index (κ3) is 6.21. The van der Waals surface area contributed by atoms with Crippen molar-refractivity contribution in [1.82, 2.24) is 5.43 Å². The maximum atomic E-state index is 12.2. The quantitative estimate of drug-likeness (QED) is 0.196. The second-order valence-electron chi connectivity index (χ2n) is 7.13. The third-order valence-corrected chi connectivity index (χ3v) is 5.94. The van der Waals surface area contributed by atoms with Gasteiger partial charge in [-0.2, -0.15) is 5.10 Å². The molecule has 0 bridgehead atoms. The minimum Gasteiger partial charge on any atom is -0.488 e. The lowest BCUT2D eigenvalue weighted by Crippen LogP contribution is -2.24. The van der Waals surface area contributed by atoms with Crippen molar-refractivity contribution in [2.45, 2.75) is 6.61 Å². The molecular formula is C26H20Br2N2O3. The molecule has 0 aliphatic carbocycles. The van der Waals surface area contributed by atoms with E-state index < -0.39 is 0 Å². The Hall–Kier alpha value is -3.16. The van der Waals surface area contributed by atoms with Crippen LogP contribution in [-0.4, -0.2) is 18.7 Å². The van der Waals surface area contributed by atoms with E-state index in [4.69, 9.17) is 9.47 Å². The van der Waals surface area contributed by atoms with Crippen molar-refractivity contribution in [1.29, 1.82) is 0 Å². The van der Waals surface area contributed by atoms with Gasteiger partial charge in [0.25, 0.3) is 5.91 Å². The van der Waals surface area contributed by atoms with Crippen LogP contribution in [-0.2, 0) is 11.4 Å². The number of carbonyl (C=O) groups is 1. The SMILES string of the molecule is O=C(COc1ccccc1Br)N/N=C\c1c(OCc2cccc(Br)c2)ccc2ccccc12. The number of hydrogen-bond donors (Lipinski definition) is 1. The van der Waals surface area contributed by atoms with Crippen molar-refractivity contribution >= 4 is 54.8 Å². The number of para-hydroxylation sites is 1. The molecule has 4 rings (SSSR count). The van der Waals surface area contributed by atoms with Crippen molar-refractivity contribution < 1.29 is 14.3 Å². The molecule has 5 nitrogen and oxygen atoms in total. The van der Waals surface area contributed by atoms with Crippen molar-refractivity contribution in [3.05, 3.63) is 105 Å². The van der Waals surface area contributed by atoms with E-state index in [9.17, 15) is 4.79 Å². The molecule has 0 radical (unpaired) electrons. The van der Waals surface area contributed by atoms with Gasteiger partial charge in [0, 0.05) is 10.0 Å². The number of rotatable bonds is 8. The summed E-state index contributed by atoms with van der Waals surface area (Å²) in [4.78, 5) is 12.2. The second-order valence-corrected chi connectivity index (χ2v) is 8.90. The van der Waals surface area contributed by atoms with Gasteiger partial charge in [-0.05, 0) is 62.6 Å². The normalized spacial score (nSPS) is 11.0. The van der Waals surface area contributed by atoms with E-state index in [1.54, 1.807) is 12.3 Å². The fourth-order valence-corrected chi connectivity index (χ4v) is 4.07. The fourth-order valence-electron chi connectivity index (χ4n) is 3.23. The van der Waals surface area contributed by atoms with Crippen LogP contribution < -0.4 is 14.9 Å². The highest BCUT2D eigenvalue weighted by molar-refractivity contribution is 9.10. The lowest BCUT2D eigenvalue weighted by molar-refractivity contribution is -0.123. The smallest absolute Gasteiger partial charge is 0.277 e. The van der Waals surface area contributed by atoms with E-state index in [0.717, 1.165) is 30.8 Å². The summed E-state index contributed by atoms with van der Waals surface area (Å²) in [6.45, 7) is 0.256. The summed E-state index contributed by atoms with van der Waals surface area (Å²) in [5, 5.41) is 6.18. The number of ether oxygens (including phenoxy) is 2. The standard InChI is InChI=1S/C26H20Br2N2O3/c27-20-8-5-6-18(14-20)16-32-24-13-12-19-7-1-2-9-21(19)22(24)15-29-30-26(31)17-33-25-11-4-3-10-23(25)28/h1-15H,16-17H2,(H,30,31)/b29-15-. The summed E-state index contributed by atoms with van der Waals surface area (Å²) in [7, 11) is 0. The Morgan fingerprint density at radius 2 is 1.70 bits per heavy atom. The van der Waals surface area contributed by atoms with Gasteiger partial charge in [0.1, 0.15) is 18.1 Å². The number of nitrogens with zero attached hydrogens (tertiary/aromatic N) is 1. The van der Waals surface area contributed by atoms with E-state index >= 15 is 0 Å². The van der Waals surface area contributed by atoms with Gasteiger partial charge < -0.3 is 9.47 Å². The molecular weight excluding hydrogens is 548 g/mol. The van der Waals surface area contributed by atoms with Gasteiger partial charge in [-0.15, -0.1) is 0 Å². The van der Waals surface area contributed by atoms with E-state index in [2.05, 4.69) is 42.4 Å². The van der Waals surface area contributed by atoms with Crippen molar-refractivity contribution in [2.75, 3.05) is 6.61 Å². The van der Waals surface area contributed by atoms with Gasteiger partial charge in [0.2, 0.25) is 0 Å². The monoisotopic (exact) mass is 566 g/mol. The largest absolute Gasteiger partial charge is 0.488 e. The van der Waals surface area contributed by atoms with Crippen LogP contribution in [0.3, 0.4) is 0 Å². The fraction of sp³-hybridized carbons (Fsp3) is 0.0769. The lowest BCUT2D eigenvalue weighted by atomic mass is 10.0. The van der Waals surface area contributed by atoms with E-state index in [0.29, 0.717) is 18.1 Å². The van der Waals surface area contributed by atoms with E-state index in [-0.39, 0.29) is 12.5 Å². The van der Waals surface area contributed by atoms with Crippen LogP contribution in [0.5, 0.6) is 11.5 Å². The Kier molecular flexibility index (Phi) is 7.75. The van der Waals surface area contributed by atoms with Crippen LogP contribution in [0.4, 0.5) is 0 Å². The number of hydrogen-bond acceptors (Lipinski definition) is 4. The first-order valence-electron chi connectivity index (χ1n) is 10.2. The van der Waals surface area contributed by atoms with Gasteiger partial charge in [-0.3, -0.25) is 4.79 Å². The number of amides is 1. The maximum absolute atomic E-state index is 12.2. The van der Waals surface area contributed by atoms with Crippen LogP contribution in [0.2, 0.25) is 0 Å². The Labute approximate surface area is 208 Å². The molecule has 0 aromatic heterocycles. The molecule has 0 aliphatic rings. The predicted octanol–water partition coefficient (Wildman–Crippen LogP) is 6.47. The molecule has 0 atom stereocenters. The first-order valence-corrected chi connectivity index (χ1v) is 11.8. The number of fused-ring (bicyclic) bond motifs is 1.